The lowest BCUT2D eigenvalue weighted by molar-refractivity contribution is -0.131. The molecule has 4 nitrogen and oxygen atoms in total. The van der Waals surface area contributed by atoms with Crippen LogP contribution in [0.2, 0.25) is 5.02 Å². The van der Waals surface area contributed by atoms with Gasteiger partial charge in [0.25, 0.3) is 0 Å². The van der Waals surface area contributed by atoms with Crippen LogP contribution in [0.1, 0.15) is 20.3 Å². The Balaban J connectivity index is 0.00000400. The quantitative estimate of drug-likeness (QED) is 0.833. The highest BCUT2D eigenvalue weighted by Crippen LogP contribution is 2.23. The highest BCUT2D eigenvalue weighted by Gasteiger charge is 2.20. The Hall–Kier alpha value is -0.970. The molecule has 0 aromatic heterocycles. The number of amides is 1. The number of halogens is 2. The molecule has 0 bridgehead atoms. The van der Waals surface area contributed by atoms with E-state index in [0.29, 0.717) is 36.9 Å². The average Bonchev–Trinajstić information content (AvgIpc) is 2.40. The summed E-state index contributed by atoms with van der Waals surface area (Å²) in [5, 5.41) is 0.553. The van der Waals surface area contributed by atoms with Gasteiger partial charge in [0.1, 0.15) is 5.75 Å². The fraction of sp³-hybridized carbons (Fsp3) is 0.533. The minimum absolute atomic E-state index is 0. The Labute approximate surface area is 138 Å². The maximum Gasteiger partial charge on any atom is 0.225 e. The van der Waals surface area contributed by atoms with Crippen LogP contribution in [-0.2, 0) is 4.79 Å². The normalized spacial score (nSPS) is 10.7. The lowest BCUT2D eigenvalue weighted by Crippen LogP contribution is -2.40. The molecule has 0 spiro atoms. The molecule has 0 saturated heterocycles. The zero-order valence-electron chi connectivity index (χ0n) is 12.8. The van der Waals surface area contributed by atoms with E-state index >= 15 is 0 Å². The maximum atomic E-state index is 12.0. The van der Waals surface area contributed by atoms with E-state index in [-0.39, 0.29) is 23.7 Å². The van der Waals surface area contributed by atoms with Crippen molar-refractivity contribution in [2.45, 2.75) is 20.3 Å². The molecule has 0 fully saturated rings. The SMILES string of the molecule is CN(CC(C)(C)CN)C(=O)CCOc1ccccc1Cl.Cl. The van der Waals surface area contributed by atoms with Crippen LogP contribution in [0.4, 0.5) is 0 Å². The van der Waals surface area contributed by atoms with Crippen molar-refractivity contribution in [3.8, 4) is 5.75 Å². The van der Waals surface area contributed by atoms with Crippen molar-refractivity contribution >= 4 is 29.9 Å². The molecule has 0 aliphatic heterocycles. The van der Waals surface area contributed by atoms with Crippen molar-refractivity contribution in [2.24, 2.45) is 11.1 Å². The van der Waals surface area contributed by atoms with Crippen molar-refractivity contribution in [1.29, 1.82) is 0 Å². The van der Waals surface area contributed by atoms with Gasteiger partial charge in [-0.3, -0.25) is 4.79 Å². The van der Waals surface area contributed by atoms with Crippen LogP contribution >= 0.6 is 24.0 Å². The van der Waals surface area contributed by atoms with Gasteiger partial charge in [-0.15, -0.1) is 12.4 Å². The Morgan fingerprint density at radius 3 is 2.57 bits per heavy atom. The number of hydrogen-bond acceptors (Lipinski definition) is 3. The van der Waals surface area contributed by atoms with E-state index in [4.69, 9.17) is 22.1 Å². The van der Waals surface area contributed by atoms with Gasteiger partial charge in [0, 0.05) is 13.6 Å². The van der Waals surface area contributed by atoms with E-state index in [1.54, 1.807) is 24.1 Å². The zero-order chi connectivity index (χ0) is 15.2. The third kappa shape index (κ3) is 7.02. The Morgan fingerprint density at radius 2 is 2.00 bits per heavy atom. The van der Waals surface area contributed by atoms with Gasteiger partial charge in [-0.2, -0.15) is 0 Å². The molecular formula is C15H24Cl2N2O2. The number of carbonyl (C=O) groups is 1. The van der Waals surface area contributed by atoms with Gasteiger partial charge in [-0.05, 0) is 24.1 Å². The van der Waals surface area contributed by atoms with Gasteiger partial charge in [0.05, 0.1) is 18.1 Å². The molecule has 1 aromatic rings. The molecule has 0 radical (unpaired) electrons. The van der Waals surface area contributed by atoms with E-state index in [2.05, 4.69) is 0 Å². The Bertz CT molecular complexity index is 453. The molecule has 2 N–H and O–H groups in total. The van der Waals surface area contributed by atoms with E-state index in [1.807, 2.05) is 26.0 Å². The van der Waals surface area contributed by atoms with Gasteiger partial charge >= 0.3 is 0 Å². The maximum absolute atomic E-state index is 12.0. The molecule has 21 heavy (non-hydrogen) atoms. The summed E-state index contributed by atoms with van der Waals surface area (Å²) in [5.41, 5.74) is 5.59. The fourth-order valence-electron chi connectivity index (χ4n) is 1.80. The number of nitrogens with zero attached hydrogens (tertiary/aromatic N) is 1. The van der Waals surface area contributed by atoms with Crippen LogP contribution in [0.3, 0.4) is 0 Å². The van der Waals surface area contributed by atoms with Crippen molar-refractivity contribution in [2.75, 3.05) is 26.7 Å². The minimum atomic E-state index is -0.0754. The van der Waals surface area contributed by atoms with Crippen LogP contribution in [-0.4, -0.2) is 37.6 Å². The molecule has 1 amide bonds. The molecule has 0 aliphatic carbocycles. The third-order valence-corrected chi connectivity index (χ3v) is 3.37. The lowest BCUT2D eigenvalue weighted by Gasteiger charge is -2.29. The predicted octanol–water partition coefficient (Wildman–Crippen LogP) is 2.97. The highest BCUT2D eigenvalue weighted by atomic mass is 35.5. The molecule has 0 heterocycles. The number of nitrogens with two attached hydrogens (primary N) is 1. The standard InChI is InChI=1S/C15H23ClN2O2.ClH/c1-15(2,10-17)11-18(3)14(19)8-9-20-13-7-5-4-6-12(13)16;/h4-7H,8-11,17H2,1-3H3;1H. The van der Waals surface area contributed by atoms with Crippen LogP contribution in [0.25, 0.3) is 0 Å². The van der Waals surface area contributed by atoms with Crippen LogP contribution < -0.4 is 10.5 Å². The summed E-state index contributed by atoms with van der Waals surface area (Å²) in [4.78, 5) is 13.7. The first-order valence-electron chi connectivity index (χ1n) is 6.67. The molecule has 0 atom stereocenters. The number of hydrogen-bond donors (Lipinski definition) is 1. The van der Waals surface area contributed by atoms with E-state index < -0.39 is 0 Å². The molecule has 0 unspecified atom stereocenters. The fourth-order valence-corrected chi connectivity index (χ4v) is 1.99. The van der Waals surface area contributed by atoms with Gasteiger partial charge < -0.3 is 15.4 Å². The van der Waals surface area contributed by atoms with Gasteiger partial charge in [0.15, 0.2) is 0 Å². The van der Waals surface area contributed by atoms with E-state index in [1.165, 1.54) is 0 Å². The summed E-state index contributed by atoms with van der Waals surface area (Å²) in [6, 6.07) is 7.23. The topological polar surface area (TPSA) is 55.6 Å². The minimum Gasteiger partial charge on any atom is -0.491 e. The Kier molecular flexibility index (Phi) is 8.71. The number of para-hydroxylation sites is 1. The molecule has 6 heteroatoms. The number of benzene rings is 1. The summed E-state index contributed by atoms with van der Waals surface area (Å²) in [7, 11) is 1.79. The molecule has 120 valence electrons. The molecular weight excluding hydrogens is 311 g/mol. The van der Waals surface area contributed by atoms with Crippen LogP contribution in [0.5, 0.6) is 5.75 Å². The second kappa shape index (κ2) is 9.13. The number of carbonyl (C=O) groups excluding carboxylic acids is 1. The largest absolute Gasteiger partial charge is 0.491 e. The number of rotatable bonds is 7. The third-order valence-electron chi connectivity index (χ3n) is 3.05. The summed E-state index contributed by atoms with van der Waals surface area (Å²) in [6.45, 7) is 5.57. The second-order valence-electron chi connectivity index (χ2n) is 5.65. The van der Waals surface area contributed by atoms with E-state index in [0.717, 1.165) is 0 Å². The molecule has 1 aromatic carbocycles. The molecule has 0 aliphatic rings. The molecule has 0 saturated carbocycles. The first-order chi connectivity index (χ1) is 9.35. The van der Waals surface area contributed by atoms with Crippen molar-refractivity contribution < 1.29 is 9.53 Å². The summed E-state index contributed by atoms with van der Waals surface area (Å²) in [6.07, 6.45) is 0.322. The van der Waals surface area contributed by atoms with E-state index in [9.17, 15) is 4.79 Å². The predicted molar refractivity (Wildman–Crippen MR) is 89.3 cm³/mol. The van der Waals surface area contributed by atoms with Gasteiger partial charge in [0.2, 0.25) is 5.91 Å². The summed E-state index contributed by atoms with van der Waals surface area (Å²) in [5.74, 6) is 0.644. The van der Waals surface area contributed by atoms with Crippen LogP contribution in [0, 0.1) is 5.41 Å². The second-order valence-corrected chi connectivity index (χ2v) is 6.05. The van der Waals surface area contributed by atoms with Crippen molar-refractivity contribution in [3.63, 3.8) is 0 Å². The van der Waals surface area contributed by atoms with Crippen molar-refractivity contribution in [1.82, 2.24) is 4.90 Å². The summed E-state index contributed by atoms with van der Waals surface area (Å²) < 4.78 is 5.51. The first-order valence-corrected chi connectivity index (χ1v) is 7.05. The van der Waals surface area contributed by atoms with Crippen molar-refractivity contribution in [3.05, 3.63) is 29.3 Å². The highest BCUT2D eigenvalue weighted by molar-refractivity contribution is 6.32. The summed E-state index contributed by atoms with van der Waals surface area (Å²) >= 11 is 5.97. The smallest absolute Gasteiger partial charge is 0.225 e. The monoisotopic (exact) mass is 334 g/mol. The van der Waals surface area contributed by atoms with Crippen LogP contribution in [0.15, 0.2) is 24.3 Å². The zero-order valence-corrected chi connectivity index (χ0v) is 14.3. The number of ether oxygens (including phenoxy) is 1. The first kappa shape index (κ1) is 20.0. The average molecular weight is 335 g/mol. The van der Waals surface area contributed by atoms with Gasteiger partial charge in [-0.1, -0.05) is 37.6 Å². The Morgan fingerprint density at radius 1 is 1.38 bits per heavy atom. The molecule has 1 rings (SSSR count). The lowest BCUT2D eigenvalue weighted by atomic mass is 9.93. The van der Waals surface area contributed by atoms with Gasteiger partial charge in [-0.25, -0.2) is 0 Å².